The van der Waals surface area contributed by atoms with Crippen LogP contribution in [0.5, 0.6) is 0 Å². The molecular formula is C18H12Al3O21Sb. The molecule has 0 amide bonds. The van der Waals surface area contributed by atoms with Crippen LogP contribution < -0.4 is 61.3 Å². The van der Waals surface area contributed by atoms with Gasteiger partial charge >= 0.3 is 76.5 Å². The third-order valence-corrected chi connectivity index (χ3v) is 3.70. The summed E-state index contributed by atoms with van der Waals surface area (Å²) in [6.45, 7) is 0. The second-order valence-electron chi connectivity index (χ2n) is 7.14. The number of carbonyl (C=O) groups is 9. The molecule has 0 saturated heterocycles. The van der Waals surface area contributed by atoms with Gasteiger partial charge in [0.1, 0.15) is 0 Å². The van der Waals surface area contributed by atoms with Gasteiger partial charge in [-0.1, -0.05) is 16.8 Å². The summed E-state index contributed by atoms with van der Waals surface area (Å²) in [5.41, 5.74) is -9.67. The van der Waals surface area contributed by atoms with E-state index in [2.05, 4.69) is 0 Å². The molecule has 25 heteroatoms. The predicted molar refractivity (Wildman–Crippen MR) is 104 cm³/mol. The van der Waals surface area contributed by atoms with Crippen molar-refractivity contribution in [2.45, 2.75) is 55.3 Å². The van der Waals surface area contributed by atoms with Crippen molar-refractivity contribution >= 4 is 130 Å². The van der Waals surface area contributed by atoms with E-state index in [4.69, 9.17) is 0 Å². The van der Waals surface area contributed by atoms with Crippen molar-refractivity contribution in [1.29, 1.82) is 0 Å². The molecule has 43 heavy (non-hydrogen) atoms. The summed E-state index contributed by atoms with van der Waals surface area (Å²) < 4.78 is 0. The van der Waals surface area contributed by atoms with Gasteiger partial charge in [-0.2, -0.15) is 0 Å². The van der Waals surface area contributed by atoms with Crippen LogP contribution in [0.25, 0.3) is 0 Å². The molecule has 0 aromatic rings. The van der Waals surface area contributed by atoms with Crippen molar-refractivity contribution in [1.82, 2.24) is 0 Å². The molecule has 0 spiro atoms. The quantitative estimate of drug-likeness (QED) is 0.140. The van der Waals surface area contributed by atoms with Crippen LogP contribution in [-0.2, 0) is 43.2 Å². The molecule has 0 atom stereocenters. The number of carboxylic acids is 9. The maximum atomic E-state index is 10.9. The minimum atomic E-state index is -3.22. The van der Waals surface area contributed by atoms with Crippen LogP contribution in [0.1, 0.15) is 38.5 Å². The average molecular weight is 767 g/mol. The zero-order valence-electron chi connectivity index (χ0n) is 21.0. The average Bonchev–Trinajstić information content (AvgIpc) is 2.64. The SMILES string of the molecule is O=C([O-])CC([O-])(CC(=O)[O-])C(=O)[O-].O=C([O-])CC([O-])(CC(=O)[O-])C(=O)[O-].O=C([O-])CC([O-])(CC(=O)[O-])C(=O)[O-].[Al+3].[Al+3].[Al+3].[Sb+3]. The van der Waals surface area contributed by atoms with Gasteiger partial charge in [0.15, 0.2) is 0 Å². The Balaban J connectivity index is -0.0000000864. The molecule has 0 bridgehead atoms. The van der Waals surface area contributed by atoms with Crippen molar-refractivity contribution in [2.75, 3.05) is 0 Å². The topological polar surface area (TPSA) is 430 Å². The first-order valence-corrected chi connectivity index (χ1v) is 9.28. The normalized spacial score (nSPS) is 9.84. The maximum absolute atomic E-state index is 10.9. The van der Waals surface area contributed by atoms with Crippen molar-refractivity contribution < 1.29 is 104 Å². The Morgan fingerprint density at radius 3 is 0.465 bits per heavy atom. The number of rotatable bonds is 15. The summed E-state index contributed by atoms with van der Waals surface area (Å²) >= 11 is 0. The first-order valence-electron chi connectivity index (χ1n) is 9.28. The minimum Gasteiger partial charge on any atom is -0.845 e. The fourth-order valence-corrected chi connectivity index (χ4v) is 2.02. The van der Waals surface area contributed by atoms with Crippen molar-refractivity contribution in [3.63, 3.8) is 0 Å². The van der Waals surface area contributed by atoms with E-state index in [0.717, 1.165) is 0 Å². The first kappa shape index (κ1) is 56.3. The van der Waals surface area contributed by atoms with E-state index in [1.54, 1.807) is 0 Å². The van der Waals surface area contributed by atoms with Gasteiger partial charge in [-0.05, 0) is 38.5 Å². The van der Waals surface area contributed by atoms with E-state index in [1.807, 2.05) is 0 Å². The molecular weight excluding hydrogens is 755 g/mol. The van der Waals surface area contributed by atoms with Gasteiger partial charge in [0.05, 0.1) is 0 Å². The Morgan fingerprint density at radius 1 is 0.326 bits per heavy atom. The van der Waals surface area contributed by atoms with Crippen LogP contribution in [0.15, 0.2) is 0 Å². The zero-order valence-corrected chi connectivity index (χ0v) is 27.0. The van der Waals surface area contributed by atoms with Gasteiger partial charge in [-0.15, -0.1) is 0 Å². The Bertz CT molecular complexity index is 828. The van der Waals surface area contributed by atoms with Crippen LogP contribution in [0.2, 0.25) is 0 Å². The number of carboxylic acid groups (broad SMARTS) is 9. The molecule has 0 aromatic heterocycles. The molecule has 0 heterocycles. The first-order chi connectivity index (χ1) is 17.3. The molecule has 2 radical (unpaired) electrons. The number of hydrogen-bond donors (Lipinski definition) is 0. The molecule has 0 aromatic carbocycles. The van der Waals surface area contributed by atoms with Crippen molar-refractivity contribution in [2.24, 2.45) is 0 Å². The second kappa shape index (κ2) is 24.9. The summed E-state index contributed by atoms with van der Waals surface area (Å²) in [4.78, 5) is 89.6. The van der Waals surface area contributed by atoms with Crippen LogP contribution in [0.4, 0.5) is 0 Å². The molecule has 224 valence electrons. The molecule has 0 aliphatic carbocycles. The zero-order chi connectivity index (χ0) is 31.9. The van der Waals surface area contributed by atoms with E-state index in [1.165, 1.54) is 0 Å². The van der Waals surface area contributed by atoms with Gasteiger partial charge < -0.3 is 104 Å². The molecule has 21 nitrogen and oxygen atoms in total. The fourth-order valence-electron chi connectivity index (χ4n) is 2.02. The van der Waals surface area contributed by atoms with Crippen LogP contribution >= 0.6 is 0 Å². The Morgan fingerprint density at radius 2 is 0.419 bits per heavy atom. The molecule has 0 aliphatic heterocycles. The number of carbonyl (C=O) groups excluding carboxylic acids is 9. The third kappa shape index (κ3) is 26.9. The predicted octanol–water partition coefficient (Wildman–Crippen LogP) is -19.2. The molecule has 0 N–H and O–H groups in total. The van der Waals surface area contributed by atoms with E-state index >= 15 is 0 Å². The van der Waals surface area contributed by atoms with Gasteiger partial charge in [-0.25, -0.2) is 0 Å². The maximum Gasteiger partial charge on any atom is 3.00 e. The Hall–Kier alpha value is -2.47. The van der Waals surface area contributed by atoms with Crippen LogP contribution in [-0.4, -0.2) is 147 Å². The van der Waals surface area contributed by atoms with Crippen molar-refractivity contribution in [3.8, 4) is 0 Å². The van der Waals surface area contributed by atoms with Gasteiger partial charge in [0, 0.05) is 53.7 Å². The van der Waals surface area contributed by atoms with Gasteiger partial charge in [0.25, 0.3) is 0 Å². The fraction of sp³-hybridized carbons (Fsp3) is 0.500. The van der Waals surface area contributed by atoms with Gasteiger partial charge in [-0.3, -0.25) is 0 Å². The molecule has 0 rings (SSSR count). The van der Waals surface area contributed by atoms with E-state index in [-0.39, 0.29) is 76.5 Å². The Labute approximate surface area is 288 Å². The van der Waals surface area contributed by atoms with Gasteiger partial charge in [0.2, 0.25) is 0 Å². The minimum absolute atomic E-state index is 0. The molecule has 0 unspecified atom stereocenters. The smallest absolute Gasteiger partial charge is 0.845 e. The monoisotopic (exact) mass is 766 g/mol. The third-order valence-electron chi connectivity index (χ3n) is 3.70. The van der Waals surface area contributed by atoms with E-state index in [0.29, 0.717) is 0 Å². The number of aliphatic carboxylic acids is 9. The summed E-state index contributed by atoms with van der Waals surface area (Å²) in [5, 5.41) is 122. The molecule has 0 saturated carbocycles. The van der Waals surface area contributed by atoms with Crippen LogP contribution in [0.3, 0.4) is 0 Å². The summed E-state index contributed by atoms with van der Waals surface area (Å²) in [6.07, 6.45) is -8.81. The Kier molecular flexibility index (Phi) is 32.6. The molecule has 0 aliphatic rings. The second-order valence-corrected chi connectivity index (χ2v) is 7.14. The summed E-state index contributed by atoms with van der Waals surface area (Å²) in [5.74, 6) is -18.7. The summed E-state index contributed by atoms with van der Waals surface area (Å²) in [6, 6.07) is 0. The van der Waals surface area contributed by atoms with Crippen molar-refractivity contribution in [3.05, 3.63) is 0 Å². The van der Waals surface area contributed by atoms with E-state index in [9.17, 15) is 104 Å². The largest absolute Gasteiger partial charge is 3.00 e. The van der Waals surface area contributed by atoms with Crippen LogP contribution in [0, 0.1) is 0 Å². The molecule has 0 fully saturated rings. The summed E-state index contributed by atoms with van der Waals surface area (Å²) in [7, 11) is 0. The van der Waals surface area contributed by atoms with E-state index < -0.39 is 109 Å². The number of hydrogen-bond acceptors (Lipinski definition) is 21. The standard InChI is InChI=1S/3C6H7O7.3Al.Sb/c3*7-3(8)1-6(13,5(11)12)2-4(9)10;;;;/h3*1-2H2,(H,7,8)(H,9,10)(H,11,12);;;;/q3*-1;4*+3/p-9.